The van der Waals surface area contributed by atoms with E-state index in [1.807, 2.05) is 24.4 Å². The van der Waals surface area contributed by atoms with Gasteiger partial charge in [0.25, 0.3) is 5.89 Å². The van der Waals surface area contributed by atoms with E-state index in [1.165, 1.54) is 11.1 Å². The quantitative estimate of drug-likeness (QED) is 0.802. The number of rotatable bonds is 4. The number of fused-ring (bicyclic) bond motifs is 1. The summed E-state index contributed by atoms with van der Waals surface area (Å²) >= 11 is 0. The number of aromatic nitrogens is 3. The first kappa shape index (κ1) is 14.1. The number of pyridine rings is 1. The highest BCUT2D eigenvalue weighted by atomic mass is 16.5. The second-order valence-electron chi connectivity index (χ2n) is 5.76. The summed E-state index contributed by atoms with van der Waals surface area (Å²) in [5.74, 6) is 1.30. The lowest BCUT2D eigenvalue weighted by Crippen LogP contribution is -2.24. The summed E-state index contributed by atoms with van der Waals surface area (Å²) < 4.78 is 5.41. The molecule has 1 aliphatic rings. The lowest BCUT2D eigenvalue weighted by Gasteiger charge is -2.15. The van der Waals surface area contributed by atoms with Crippen molar-refractivity contribution in [3.8, 4) is 11.5 Å². The van der Waals surface area contributed by atoms with E-state index in [0.717, 1.165) is 49.4 Å². The third-order valence-corrected chi connectivity index (χ3v) is 4.12. The largest absolute Gasteiger partial charge is 0.334 e. The maximum Gasteiger partial charge on any atom is 0.259 e. The summed E-state index contributed by atoms with van der Waals surface area (Å²) in [4.78, 5) is 9.02. The Bertz CT molecular complexity index is 798. The fourth-order valence-electron chi connectivity index (χ4n) is 2.83. The molecule has 1 N–H and O–H groups in total. The Labute approximate surface area is 134 Å². The van der Waals surface area contributed by atoms with Gasteiger partial charge in [-0.2, -0.15) is 4.98 Å². The van der Waals surface area contributed by atoms with Crippen LogP contribution in [-0.2, 0) is 25.8 Å². The predicted molar refractivity (Wildman–Crippen MR) is 86.8 cm³/mol. The molecule has 0 saturated carbocycles. The Balaban J connectivity index is 1.49. The molecule has 0 saturated heterocycles. The third kappa shape index (κ3) is 3.14. The van der Waals surface area contributed by atoms with Crippen LogP contribution in [0.3, 0.4) is 0 Å². The predicted octanol–water partition coefficient (Wildman–Crippen LogP) is 2.56. The van der Waals surface area contributed by atoms with E-state index in [9.17, 15) is 0 Å². The Morgan fingerprint density at radius 1 is 1.13 bits per heavy atom. The molecule has 5 heteroatoms. The van der Waals surface area contributed by atoms with Crippen LogP contribution in [0.5, 0.6) is 0 Å². The zero-order valence-corrected chi connectivity index (χ0v) is 12.8. The van der Waals surface area contributed by atoms with Crippen molar-refractivity contribution >= 4 is 0 Å². The normalized spacial score (nSPS) is 13.7. The monoisotopic (exact) mass is 306 g/mol. The van der Waals surface area contributed by atoms with Crippen LogP contribution >= 0.6 is 0 Å². The number of benzene rings is 1. The van der Waals surface area contributed by atoms with Gasteiger partial charge in [-0.1, -0.05) is 35.5 Å². The third-order valence-electron chi connectivity index (χ3n) is 4.12. The molecular weight excluding hydrogens is 288 g/mol. The molecule has 4 rings (SSSR count). The standard InChI is InChI=1S/C18H18N4O/c1-2-4-13(5-3-1)6-7-17-21-18(23-22-17)15-10-14-8-9-19-12-16(14)20-11-15/h1-5,10-11,19H,6-9,12H2. The molecule has 2 aromatic heterocycles. The minimum atomic E-state index is 0.557. The van der Waals surface area contributed by atoms with Crippen LogP contribution in [-0.4, -0.2) is 21.7 Å². The maximum atomic E-state index is 5.41. The molecule has 0 atom stereocenters. The summed E-state index contributed by atoms with van der Waals surface area (Å²) in [5.41, 5.74) is 4.57. The van der Waals surface area contributed by atoms with Gasteiger partial charge in [0, 0.05) is 19.2 Å². The molecule has 0 amide bonds. The zero-order chi connectivity index (χ0) is 15.5. The van der Waals surface area contributed by atoms with Crippen LogP contribution in [0.15, 0.2) is 47.1 Å². The molecule has 3 heterocycles. The lowest BCUT2D eigenvalue weighted by atomic mass is 10.0. The molecule has 1 aromatic carbocycles. The van der Waals surface area contributed by atoms with Gasteiger partial charge in [-0.05, 0) is 36.6 Å². The molecule has 23 heavy (non-hydrogen) atoms. The molecule has 0 aliphatic carbocycles. The second-order valence-corrected chi connectivity index (χ2v) is 5.76. The first-order valence-corrected chi connectivity index (χ1v) is 7.94. The molecule has 0 spiro atoms. The van der Waals surface area contributed by atoms with Crippen molar-refractivity contribution in [3.63, 3.8) is 0 Å². The van der Waals surface area contributed by atoms with Gasteiger partial charge < -0.3 is 9.84 Å². The van der Waals surface area contributed by atoms with E-state index in [1.54, 1.807) is 0 Å². The molecule has 0 unspecified atom stereocenters. The zero-order valence-electron chi connectivity index (χ0n) is 12.8. The average molecular weight is 306 g/mol. The van der Waals surface area contributed by atoms with E-state index >= 15 is 0 Å². The van der Waals surface area contributed by atoms with Gasteiger partial charge in [-0.15, -0.1) is 0 Å². The second kappa shape index (κ2) is 6.30. The van der Waals surface area contributed by atoms with Crippen LogP contribution < -0.4 is 5.32 Å². The SMILES string of the molecule is c1ccc(CCc2noc(-c3cnc4c(c3)CCNC4)n2)cc1. The van der Waals surface area contributed by atoms with Gasteiger partial charge >= 0.3 is 0 Å². The molecule has 0 fully saturated rings. The van der Waals surface area contributed by atoms with Crippen LogP contribution in [0.25, 0.3) is 11.5 Å². The minimum absolute atomic E-state index is 0.557. The van der Waals surface area contributed by atoms with Gasteiger partial charge in [-0.3, -0.25) is 4.98 Å². The van der Waals surface area contributed by atoms with Crippen molar-refractivity contribution < 1.29 is 4.52 Å². The molecule has 116 valence electrons. The highest BCUT2D eigenvalue weighted by Crippen LogP contribution is 2.21. The van der Waals surface area contributed by atoms with Crippen molar-refractivity contribution in [1.29, 1.82) is 0 Å². The number of nitrogens with zero attached hydrogens (tertiary/aromatic N) is 3. The van der Waals surface area contributed by atoms with Crippen molar-refractivity contribution in [3.05, 3.63) is 65.2 Å². The molecule has 3 aromatic rings. The molecule has 0 radical (unpaired) electrons. The smallest absolute Gasteiger partial charge is 0.259 e. The van der Waals surface area contributed by atoms with E-state index in [4.69, 9.17) is 4.52 Å². The highest BCUT2D eigenvalue weighted by Gasteiger charge is 2.14. The van der Waals surface area contributed by atoms with E-state index < -0.39 is 0 Å². The Morgan fingerprint density at radius 2 is 2.04 bits per heavy atom. The van der Waals surface area contributed by atoms with Crippen LogP contribution in [0.1, 0.15) is 22.6 Å². The molecule has 5 nitrogen and oxygen atoms in total. The van der Waals surface area contributed by atoms with Gasteiger partial charge in [-0.25, -0.2) is 0 Å². The van der Waals surface area contributed by atoms with Crippen molar-refractivity contribution in [2.24, 2.45) is 0 Å². The van der Waals surface area contributed by atoms with Crippen LogP contribution in [0.4, 0.5) is 0 Å². The van der Waals surface area contributed by atoms with Gasteiger partial charge in [0.05, 0.1) is 11.3 Å². The number of aryl methyl sites for hydroxylation is 2. The van der Waals surface area contributed by atoms with E-state index in [0.29, 0.717) is 5.89 Å². The Morgan fingerprint density at radius 3 is 2.96 bits per heavy atom. The summed E-state index contributed by atoms with van der Waals surface area (Å²) in [5, 5.41) is 7.42. The van der Waals surface area contributed by atoms with Gasteiger partial charge in [0.1, 0.15) is 0 Å². The fraction of sp³-hybridized carbons (Fsp3) is 0.278. The maximum absolute atomic E-state index is 5.41. The first-order valence-electron chi connectivity index (χ1n) is 7.94. The highest BCUT2D eigenvalue weighted by molar-refractivity contribution is 5.53. The van der Waals surface area contributed by atoms with Crippen molar-refractivity contribution in [2.75, 3.05) is 6.54 Å². The van der Waals surface area contributed by atoms with Gasteiger partial charge in [0.2, 0.25) is 0 Å². The summed E-state index contributed by atoms with van der Waals surface area (Å²) in [6, 6.07) is 12.5. The molecule has 0 bridgehead atoms. The van der Waals surface area contributed by atoms with Crippen molar-refractivity contribution in [1.82, 2.24) is 20.4 Å². The Kier molecular flexibility index (Phi) is 3.86. The first-order chi connectivity index (χ1) is 11.4. The summed E-state index contributed by atoms with van der Waals surface area (Å²) in [6.45, 7) is 1.83. The summed E-state index contributed by atoms with van der Waals surface area (Å²) in [7, 11) is 0. The number of hydrogen-bond acceptors (Lipinski definition) is 5. The van der Waals surface area contributed by atoms with Crippen molar-refractivity contribution in [2.45, 2.75) is 25.8 Å². The van der Waals surface area contributed by atoms with Gasteiger partial charge in [0.15, 0.2) is 5.82 Å². The fourth-order valence-corrected chi connectivity index (χ4v) is 2.83. The van der Waals surface area contributed by atoms with E-state index in [2.05, 4.69) is 38.6 Å². The number of hydrogen-bond donors (Lipinski definition) is 1. The number of nitrogens with one attached hydrogen (secondary N) is 1. The Hall–Kier alpha value is -2.53. The van der Waals surface area contributed by atoms with Crippen LogP contribution in [0, 0.1) is 0 Å². The summed E-state index contributed by atoms with van der Waals surface area (Å²) in [6.07, 6.45) is 4.50. The minimum Gasteiger partial charge on any atom is -0.334 e. The average Bonchev–Trinajstić information content (AvgIpc) is 3.09. The molecule has 1 aliphatic heterocycles. The van der Waals surface area contributed by atoms with Crippen LogP contribution in [0.2, 0.25) is 0 Å². The topological polar surface area (TPSA) is 63.8 Å². The lowest BCUT2D eigenvalue weighted by molar-refractivity contribution is 0.422. The van der Waals surface area contributed by atoms with E-state index in [-0.39, 0.29) is 0 Å². The molecular formula is C18H18N4O.